The zero-order valence-corrected chi connectivity index (χ0v) is 13.3. The van der Waals surface area contributed by atoms with Crippen LogP contribution in [0.15, 0.2) is 12.4 Å². The third-order valence-corrected chi connectivity index (χ3v) is 6.35. The number of likely N-dealkylation sites (tertiary alicyclic amines) is 1. The smallest absolute Gasteiger partial charge is 0.122 e. The fourth-order valence-electron chi connectivity index (χ4n) is 4.68. The summed E-state index contributed by atoms with van der Waals surface area (Å²) in [7, 11) is 2.27. The van der Waals surface area contributed by atoms with Gasteiger partial charge in [-0.2, -0.15) is 0 Å². The third kappa shape index (κ3) is 2.64. The summed E-state index contributed by atoms with van der Waals surface area (Å²) in [6, 6.07) is 0.806. The van der Waals surface area contributed by atoms with Crippen molar-refractivity contribution in [3.8, 4) is 0 Å². The molecule has 1 aromatic rings. The van der Waals surface area contributed by atoms with E-state index in [4.69, 9.17) is 0 Å². The summed E-state index contributed by atoms with van der Waals surface area (Å²) in [5, 5.41) is 0. The zero-order valence-electron chi connectivity index (χ0n) is 13.3. The van der Waals surface area contributed by atoms with Gasteiger partial charge in [-0.3, -0.25) is 4.90 Å². The van der Waals surface area contributed by atoms with Crippen molar-refractivity contribution in [3.05, 3.63) is 18.2 Å². The highest BCUT2D eigenvalue weighted by molar-refractivity contribution is 4.98. The summed E-state index contributed by atoms with van der Waals surface area (Å²) in [6.45, 7) is 6.02. The number of fused-ring (bicyclic) bond motifs is 1. The Morgan fingerprint density at radius 2 is 1.81 bits per heavy atom. The lowest BCUT2D eigenvalue weighted by Crippen LogP contribution is -2.47. The molecule has 0 radical (unpaired) electrons. The minimum absolute atomic E-state index is 0.692. The van der Waals surface area contributed by atoms with Gasteiger partial charge in [-0.15, -0.1) is 0 Å². The van der Waals surface area contributed by atoms with Gasteiger partial charge in [-0.05, 0) is 64.1 Å². The Balaban J connectivity index is 1.36. The molecule has 3 aliphatic rings. The molecule has 0 unspecified atom stereocenters. The largest absolute Gasteiger partial charge is 0.333 e. The average molecular weight is 288 g/mol. The number of nitrogens with zero attached hydrogens (tertiary/aromatic N) is 4. The lowest BCUT2D eigenvalue weighted by Gasteiger charge is -2.47. The Labute approximate surface area is 128 Å². The first-order valence-electron chi connectivity index (χ1n) is 8.67. The second-order valence-electron chi connectivity index (χ2n) is 7.54. The van der Waals surface area contributed by atoms with E-state index in [2.05, 4.69) is 32.6 Å². The Morgan fingerprint density at radius 3 is 2.57 bits per heavy atom. The average Bonchev–Trinajstić information content (AvgIpc) is 2.99. The normalized spacial score (nSPS) is 27.9. The van der Waals surface area contributed by atoms with Crippen LogP contribution in [0.1, 0.15) is 44.3 Å². The first kappa shape index (κ1) is 13.8. The summed E-state index contributed by atoms with van der Waals surface area (Å²) in [5.74, 6) is 1.26. The minimum Gasteiger partial charge on any atom is -0.333 e. The van der Waals surface area contributed by atoms with Crippen LogP contribution in [0.5, 0.6) is 0 Å². The quantitative estimate of drug-likeness (QED) is 0.793. The molecule has 3 heterocycles. The molecular weight excluding hydrogens is 260 g/mol. The second kappa shape index (κ2) is 5.40. The highest BCUT2D eigenvalue weighted by Gasteiger charge is 2.39. The molecule has 1 aromatic heterocycles. The molecule has 0 atom stereocenters. The molecule has 0 aromatic carbocycles. The molecule has 4 nitrogen and oxygen atoms in total. The number of imidazole rings is 1. The Kier molecular flexibility index (Phi) is 3.54. The van der Waals surface area contributed by atoms with E-state index >= 15 is 0 Å². The molecule has 0 bridgehead atoms. The first-order chi connectivity index (χ1) is 10.2. The van der Waals surface area contributed by atoms with Crippen molar-refractivity contribution in [1.29, 1.82) is 0 Å². The summed E-state index contributed by atoms with van der Waals surface area (Å²) in [5.41, 5.74) is 0.692. The van der Waals surface area contributed by atoms with Gasteiger partial charge in [0.15, 0.2) is 0 Å². The van der Waals surface area contributed by atoms with Crippen LogP contribution in [0, 0.1) is 5.41 Å². The highest BCUT2D eigenvalue weighted by Crippen LogP contribution is 2.45. The van der Waals surface area contributed by atoms with Crippen molar-refractivity contribution < 1.29 is 0 Å². The molecule has 0 amide bonds. The van der Waals surface area contributed by atoms with Crippen molar-refractivity contribution in [1.82, 2.24) is 19.4 Å². The van der Waals surface area contributed by atoms with Crippen LogP contribution in [0.2, 0.25) is 0 Å². The number of hydrogen-bond donors (Lipinski definition) is 0. The first-order valence-corrected chi connectivity index (χ1v) is 8.67. The van der Waals surface area contributed by atoms with Crippen LogP contribution in [-0.2, 0) is 13.1 Å². The molecule has 2 fully saturated rings. The molecule has 21 heavy (non-hydrogen) atoms. The van der Waals surface area contributed by atoms with Crippen molar-refractivity contribution >= 4 is 0 Å². The summed E-state index contributed by atoms with van der Waals surface area (Å²) < 4.78 is 2.32. The van der Waals surface area contributed by atoms with Gasteiger partial charge in [0, 0.05) is 31.5 Å². The predicted octanol–water partition coefficient (Wildman–Crippen LogP) is 2.35. The van der Waals surface area contributed by atoms with Gasteiger partial charge in [0.05, 0.1) is 6.54 Å². The fraction of sp³-hybridized carbons (Fsp3) is 0.824. The third-order valence-electron chi connectivity index (χ3n) is 6.35. The minimum atomic E-state index is 0.692. The van der Waals surface area contributed by atoms with E-state index in [0.717, 1.165) is 19.1 Å². The van der Waals surface area contributed by atoms with Gasteiger partial charge >= 0.3 is 0 Å². The molecule has 1 spiro atoms. The van der Waals surface area contributed by atoms with E-state index < -0.39 is 0 Å². The zero-order chi connectivity index (χ0) is 14.3. The fourth-order valence-corrected chi connectivity index (χ4v) is 4.68. The number of hydrogen-bond acceptors (Lipinski definition) is 3. The SMILES string of the molecule is CN1CCC2(CCC(N3CCn4ccnc4C3)CC2)CC1. The Morgan fingerprint density at radius 1 is 1.05 bits per heavy atom. The van der Waals surface area contributed by atoms with Gasteiger partial charge in [0.2, 0.25) is 0 Å². The maximum absolute atomic E-state index is 4.51. The molecule has 1 aliphatic carbocycles. The van der Waals surface area contributed by atoms with Gasteiger partial charge in [0.25, 0.3) is 0 Å². The van der Waals surface area contributed by atoms with Crippen LogP contribution in [0.3, 0.4) is 0 Å². The van der Waals surface area contributed by atoms with E-state index in [9.17, 15) is 0 Å². The number of piperidine rings is 1. The standard InChI is InChI=1S/C17H28N4/c1-19-9-6-17(7-10-19)4-2-15(3-5-17)21-13-12-20-11-8-18-16(20)14-21/h8,11,15H,2-7,9-10,12-14H2,1H3. The molecule has 1 saturated carbocycles. The van der Waals surface area contributed by atoms with E-state index in [1.54, 1.807) is 0 Å². The maximum atomic E-state index is 4.51. The monoisotopic (exact) mass is 288 g/mol. The Hall–Kier alpha value is -0.870. The van der Waals surface area contributed by atoms with Crippen LogP contribution < -0.4 is 0 Å². The lowest BCUT2D eigenvalue weighted by atomic mass is 9.67. The molecule has 0 N–H and O–H groups in total. The van der Waals surface area contributed by atoms with Gasteiger partial charge < -0.3 is 9.47 Å². The highest BCUT2D eigenvalue weighted by atomic mass is 15.3. The van der Waals surface area contributed by atoms with Crippen molar-refractivity contribution in [2.75, 3.05) is 26.7 Å². The topological polar surface area (TPSA) is 24.3 Å². The van der Waals surface area contributed by atoms with Crippen molar-refractivity contribution in [2.45, 2.75) is 57.7 Å². The van der Waals surface area contributed by atoms with E-state index in [1.807, 2.05) is 6.20 Å². The van der Waals surface area contributed by atoms with Crippen LogP contribution in [0.4, 0.5) is 0 Å². The molecular formula is C17H28N4. The number of rotatable bonds is 1. The lowest BCUT2D eigenvalue weighted by molar-refractivity contribution is 0.0306. The summed E-state index contributed by atoms with van der Waals surface area (Å²) in [4.78, 5) is 9.71. The van der Waals surface area contributed by atoms with Gasteiger partial charge in [-0.1, -0.05) is 0 Å². The Bertz CT molecular complexity index is 477. The molecule has 4 rings (SSSR count). The van der Waals surface area contributed by atoms with Gasteiger partial charge in [-0.25, -0.2) is 4.98 Å². The summed E-state index contributed by atoms with van der Waals surface area (Å²) in [6.07, 6.45) is 12.7. The van der Waals surface area contributed by atoms with E-state index in [1.165, 1.54) is 64.0 Å². The van der Waals surface area contributed by atoms with Crippen molar-refractivity contribution in [3.63, 3.8) is 0 Å². The number of aromatic nitrogens is 2. The van der Waals surface area contributed by atoms with E-state index in [0.29, 0.717) is 5.41 Å². The molecule has 116 valence electrons. The van der Waals surface area contributed by atoms with Crippen LogP contribution in [0.25, 0.3) is 0 Å². The maximum Gasteiger partial charge on any atom is 0.122 e. The van der Waals surface area contributed by atoms with Crippen LogP contribution in [-0.4, -0.2) is 52.1 Å². The molecule has 4 heteroatoms. The second-order valence-corrected chi connectivity index (χ2v) is 7.54. The van der Waals surface area contributed by atoms with Gasteiger partial charge in [0.1, 0.15) is 5.82 Å². The van der Waals surface area contributed by atoms with E-state index in [-0.39, 0.29) is 0 Å². The predicted molar refractivity (Wildman–Crippen MR) is 84.1 cm³/mol. The summed E-state index contributed by atoms with van der Waals surface area (Å²) >= 11 is 0. The van der Waals surface area contributed by atoms with Crippen molar-refractivity contribution in [2.24, 2.45) is 5.41 Å². The molecule has 2 aliphatic heterocycles. The van der Waals surface area contributed by atoms with Crippen LogP contribution >= 0.6 is 0 Å². The molecule has 1 saturated heterocycles.